The molecule has 0 spiro atoms. The van der Waals surface area contributed by atoms with Gasteiger partial charge in [0.25, 0.3) is 10.0 Å². The summed E-state index contributed by atoms with van der Waals surface area (Å²) in [6, 6.07) is 3.21. The molecule has 106 valence electrons. The number of sulfonamides is 1. The molecule has 6 nitrogen and oxygen atoms in total. The summed E-state index contributed by atoms with van der Waals surface area (Å²) in [6.45, 7) is 1.30. The number of rotatable bonds is 4. The first kappa shape index (κ1) is 14.4. The molecule has 19 heavy (non-hydrogen) atoms. The molecular formula is C12H19N3O3S. The minimum absolute atomic E-state index is 0.0839. The lowest BCUT2D eigenvalue weighted by atomic mass is 10.1. The molecule has 1 fully saturated rings. The van der Waals surface area contributed by atoms with E-state index in [-0.39, 0.29) is 11.1 Å². The first-order valence-electron chi connectivity index (χ1n) is 6.26. The quantitative estimate of drug-likeness (QED) is 0.862. The Kier molecular flexibility index (Phi) is 4.51. The number of hydrogen-bond acceptors (Lipinski definition) is 5. The molecule has 2 rings (SSSR count). The van der Waals surface area contributed by atoms with E-state index in [4.69, 9.17) is 10.5 Å². The van der Waals surface area contributed by atoms with Crippen LogP contribution in [0.3, 0.4) is 0 Å². The van der Waals surface area contributed by atoms with E-state index < -0.39 is 10.0 Å². The normalized spacial score (nSPS) is 18.6. The van der Waals surface area contributed by atoms with Crippen LogP contribution in [0, 0.1) is 0 Å². The van der Waals surface area contributed by atoms with Gasteiger partial charge < -0.3 is 10.5 Å². The van der Waals surface area contributed by atoms with E-state index in [1.165, 1.54) is 16.6 Å². The fraction of sp³-hybridized carbons (Fsp3) is 0.583. The van der Waals surface area contributed by atoms with Gasteiger partial charge in [0.15, 0.2) is 5.03 Å². The Balaban J connectivity index is 2.13. The van der Waals surface area contributed by atoms with Crippen molar-refractivity contribution in [2.24, 2.45) is 5.73 Å². The van der Waals surface area contributed by atoms with E-state index in [1.807, 2.05) is 0 Å². The number of nitrogens with zero attached hydrogens (tertiary/aromatic N) is 2. The molecule has 0 amide bonds. The fourth-order valence-corrected chi connectivity index (χ4v) is 3.51. The highest BCUT2D eigenvalue weighted by molar-refractivity contribution is 7.89. The van der Waals surface area contributed by atoms with E-state index >= 15 is 0 Å². The summed E-state index contributed by atoms with van der Waals surface area (Å²) in [7, 11) is -1.84. The molecule has 0 aromatic carbocycles. The standard InChI is InChI=1S/C12H19N3O3S/c1-18-11-4-6-15(7-5-11)19(16,17)12-3-2-10(8-13)9-14-12/h2-3,9,11H,4-8,13H2,1H3. The van der Waals surface area contributed by atoms with Gasteiger partial charge in [0.2, 0.25) is 0 Å². The average Bonchev–Trinajstić information content (AvgIpc) is 2.47. The minimum atomic E-state index is -3.49. The van der Waals surface area contributed by atoms with Crippen molar-refractivity contribution in [1.29, 1.82) is 0 Å². The van der Waals surface area contributed by atoms with Crippen molar-refractivity contribution in [3.63, 3.8) is 0 Å². The molecule has 1 saturated heterocycles. The average molecular weight is 285 g/mol. The summed E-state index contributed by atoms with van der Waals surface area (Å²) in [5.74, 6) is 0. The molecular weight excluding hydrogens is 266 g/mol. The minimum Gasteiger partial charge on any atom is -0.381 e. The monoisotopic (exact) mass is 285 g/mol. The molecule has 0 bridgehead atoms. The highest BCUT2D eigenvalue weighted by Crippen LogP contribution is 2.20. The van der Waals surface area contributed by atoms with E-state index in [2.05, 4.69) is 4.98 Å². The second-order valence-corrected chi connectivity index (χ2v) is 6.43. The van der Waals surface area contributed by atoms with Gasteiger partial charge in [0.1, 0.15) is 0 Å². The van der Waals surface area contributed by atoms with Crippen LogP contribution in [0.4, 0.5) is 0 Å². The lowest BCUT2D eigenvalue weighted by Crippen LogP contribution is -2.40. The summed E-state index contributed by atoms with van der Waals surface area (Å²) < 4.78 is 31.4. The largest absolute Gasteiger partial charge is 0.381 e. The van der Waals surface area contributed by atoms with Gasteiger partial charge in [-0.25, -0.2) is 13.4 Å². The predicted molar refractivity (Wildman–Crippen MR) is 70.9 cm³/mol. The van der Waals surface area contributed by atoms with E-state index in [0.717, 1.165) is 18.4 Å². The molecule has 0 radical (unpaired) electrons. The molecule has 1 aromatic rings. The van der Waals surface area contributed by atoms with Gasteiger partial charge in [0, 0.05) is 32.9 Å². The zero-order chi connectivity index (χ0) is 13.9. The number of hydrogen-bond donors (Lipinski definition) is 1. The predicted octanol–water partition coefficient (Wildman–Crippen LogP) is 0.340. The first-order chi connectivity index (χ1) is 9.07. The van der Waals surface area contributed by atoms with Crippen molar-refractivity contribution in [3.8, 4) is 0 Å². The third-order valence-electron chi connectivity index (χ3n) is 3.37. The van der Waals surface area contributed by atoms with Crippen LogP contribution in [0.15, 0.2) is 23.4 Å². The number of nitrogens with two attached hydrogens (primary N) is 1. The molecule has 0 saturated carbocycles. The number of methoxy groups -OCH3 is 1. The summed E-state index contributed by atoms with van der Waals surface area (Å²) in [6.07, 6.45) is 3.10. The molecule has 1 aliphatic rings. The lowest BCUT2D eigenvalue weighted by Gasteiger charge is -2.30. The fourth-order valence-electron chi connectivity index (χ4n) is 2.12. The third kappa shape index (κ3) is 3.11. The molecule has 1 aromatic heterocycles. The number of piperidine rings is 1. The highest BCUT2D eigenvalue weighted by Gasteiger charge is 2.30. The SMILES string of the molecule is COC1CCN(S(=O)(=O)c2ccc(CN)cn2)CC1. The molecule has 1 aliphatic heterocycles. The van der Waals surface area contributed by atoms with Crippen molar-refractivity contribution in [2.45, 2.75) is 30.5 Å². The van der Waals surface area contributed by atoms with Gasteiger partial charge in [-0.3, -0.25) is 0 Å². The van der Waals surface area contributed by atoms with Crippen molar-refractivity contribution in [3.05, 3.63) is 23.9 Å². The molecule has 0 unspecified atom stereocenters. The Labute approximate surface area is 113 Å². The van der Waals surface area contributed by atoms with Crippen molar-refractivity contribution < 1.29 is 13.2 Å². The number of aromatic nitrogens is 1. The maximum absolute atomic E-state index is 12.4. The topological polar surface area (TPSA) is 85.5 Å². The molecule has 0 atom stereocenters. The van der Waals surface area contributed by atoms with E-state index in [9.17, 15) is 8.42 Å². The summed E-state index contributed by atoms with van der Waals surface area (Å²) in [5.41, 5.74) is 6.29. The first-order valence-corrected chi connectivity index (χ1v) is 7.70. The van der Waals surface area contributed by atoms with Crippen LogP contribution in [0.25, 0.3) is 0 Å². The van der Waals surface area contributed by atoms with Crippen LogP contribution in [0.1, 0.15) is 18.4 Å². The summed E-state index contributed by atoms with van der Waals surface area (Å²) in [5, 5.41) is 0.0839. The Morgan fingerprint density at radius 3 is 2.58 bits per heavy atom. The van der Waals surface area contributed by atoms with Crippen LogP contribution in [0.2, 0.25) is 0 Å². The van der Waals surface area contributed by atoms with Crippen molar-refractivity contribution >= 4 is 10.0 Å². The van der Waals surface area contributed by atoms with Crippen LogP contribution >= 0.6 is 0 Å². The van der Waals surface area contributed by atoms with Gasteiger partial charge in [-0.1, -0.05) is 6.07 Å². The molecule has 7 heteroatoms. The third-order valence-corrected chi connectivity index (χ3v) is 5.19. The maximum atomic E-state index is 12.4. The number of ether oxygens (including phenoxy) is 1. The van der Waals surface area contributed by atoms with Gasteiger partial charge >= 0.3 is 0 Å². The van der Waals surface area contributed by atoms with Crippen LogP contribution in [-0.2, 0) is 21.3 Å². The second-order valence-electron chi connectivity index (χ2n) is 4.55. The highest BCUT2D eigenvalue weighted by atomic mass is 32.2. The van der Waals surface area contributed by atoms with E-state index in [0.29, 0.717) is 19.6 Å². The molecule has 0 aliphatic carbocycles. The Morgan fingerprint density at radius 2 is 2.11 bits per heavy atom. The smallest absolute Gasteiger partial charge is 0.260 e. The van der Waals surface area contributed by atoms with Gasteiger partial charge in [-0.15, -0.1) is 0 Å². The molecule has 2 heterocycles. The van der Waals surface area contributed by atoms with Gasteiger partial charge in [0.05, 0.1) is 6.10 Å². The number of pyridine rings is 1. The van der Waals surface area contributed by atoms with Crippen molar-refractivity contribution in [1.82, 2.24) is 9.29 Å². The van der Waals surface area contributed by atoms with Crippen LogP contribution in [0.5, 0.6) is 0 Å². The zero-order valence-electron chi connectivity index (χ0n) is 10.9. The summed E-state index contributed by atoms with van der Waals surface area (Å²) in [4.78, 5) is 3.99. The Bertz CT molecular complexity index is 508. The molecule has 2 N–H and O–H groups in total. The van der Waals surface area contributed by atoms with Gasteiger partial charge in [-0.2, -0.15) is 4.31 Å². The Morgan fingerprint density at radius 1 is 1.42 bits per heavy atom. The lowest BCUT2D eigenvalue weighted by molar-refractivity contribution is 0.0604. The second kappa shape index (κ2) is 5.96. The van der Waals surface area contributed by atoms with Crippen LogP contribution in [-0.4, -0.2) is 44.0 Å². The maximum Gasteiger partial charge on any atom is 0.260 e. The van der Waals surface area contributed by atoms with E-state index in [1.54, 1.807) is 13.2 Å². The van der Waals surface area contributed by atoms with Crippen LogP contribution < -0.4 is 5.73 Å². The van der Waals surface area contributed by atoms with Gasteiger partial charge in [-0.05, 0) is 24.5 Å². The zero-order valence-corrected chi connectivity index (χ0v) is 11.8. The Hall–Kier alpha value is -1.02. The van der Waals surface area contributed by atoms with Crippen molar-refractivity contribution in [2.75, 3.05) is 20.2 Å². The summed E-state index contributed by atoms with van der Waals surface area (Å²) >= 11 is 0.